The molecule has 1 aliphatic carbocycles. The number of piperazine rings is 1. The second-order valence-electron chi connectivity index (χ2n) is 12.1. The summed E-state index contributed by atoms with van der Waals surface area (Å²) in [7, 11) is 3.74. The van der Waals surface area contributed by atoms with Gasteiger partial charge in [0.1, 0.15) is 23.8 Å². The molecule has 2 fully saturated rings. The Labute approximate surface area is 252 Å². The van der Waals surface area contributed by atoms with E-state index < -0.39 is 0 Å². The molecule has 2 aromatic rings. The standard InChI is InChI=1S/C32H40FN7O3/c1-4-30(41)40-15-14-38(18-24(40)11-12-34)31-25-10-9-23(39-13-5-6-21-7-8-22(33)16-27(21)39)17-26(25)35-32(36-31)43-29-20-37(2)19-28(29)42-3/h4,7-8,16,23-24,28-29H,1,5-6,9-11,13-15,17-20H2,2-3H3. The third-order valence-corrected chi connectivity index (χ3v) is 9.37. The molecule has 4 aliphatic rings. The molecule has 0 N–H and O–H groups in total. The van der Waals surface area contributed by atoms with Gasteiger partial charge in [0.2, 0.25) is 5.91 Å². The first-order chi connectivity index (χ1) is 20.9. The van der Waals surface area contributed by atoms with Crippen LogP contribution >= 0.6 is 0 Å². The first-order valence-electron chi connectivity index (χ1n) is 15.3. The first-order valence-corrected chi connectivity index (χ1v) is 15.3. The molecule has 43 heavy (non-hydrogen) atoms. The van der Waals surface area contributed by atoms with Crippen molar-refractivity contribution in [3.63, 3.8) is 0 Å². The highest BCUT2D eigenvalue weighted by molar-refractivity contribution is 5.87. The van der Waals surface area contributed by atoms with Crippen LogP contribution in [0.1, 0.15) is 36.1 Å². The number of amides is 1. The van der Waals surface area contributed by atoms with Crippen LogP contribution in [-0.4, -0.2) is 103 Å². The number of aryl methyl sites for hydroxylation is 1. The first kappa shape index (κ1) is 29.3. The minimum absolute atomic E-state index is 0.0888. The fourth-order valence-corrected chi connectivity index (χ4v) is 7.23. The molecule has 4 unspecified atom stereocenters. The van der Waals surface area contributed by atoms with E-state index in [1.54, 1.807) is 24.1 Å². The number of halogens is 1. The highest BCUT2D eigenvalue weighted by Gasteiger charge is 2.37. The van der Waals surface area contributed by atoms with Gasteiger partial charge in [-0.25, -0.2) is 4.39 Å². The van der Waals surface area contributed by atoms with Crippen molar-refractivity contribution >= 4 is 17.4 Å². The number of benzene rings is 1. The van der Waals surface area contributed by atoms with Crippen molar-refractivity contribution in [3.05, 3.63) is 53.5 Å². The van der Waals surface area contributed by atoms with E-state index in [1.807, 2.05) is 13.1 Å². The largest absolute Gasteiger partial charge is 0.456 e. The molecule has 6 rings (SSSR count). The normalized spacial score (nSPS) is 25.6. The topological polar surface area (TPSA) is 98.1 Å². The number of fused-ring (bicyclic) bond motifs is 2. The Morgan fingerprint density at radius 1 is 1.19 bits per heavy atom. The van der Waals surface area contributed by atoms with Crippen LogP contribution < -0.4 is 14.5 Å². The second-order valence-corrected chi connectivity index (χ2v) is 12.1. The van der Waals surface area contributed by atoms with Crippen molar-refractivity contribution in [1.29, 1.82) is 5.26 Å². The fourth-order valence-electron chi connectivity index (χ4n) is 7.23. The predicted molar refractivity (Wildman–Crippen MR) is 161 cm³/mol. The Morgan fingerprint density at radius 2 is 2.02 bits per heavy atom. The van der Waals surface area contributed by atoms with Crippen molar-refractivity contribution in [3.8, 4) is 12.1 Å². The molecule has 3 aliphatic heterocycles. The van der Waals surface area contributed by atoms with E-state index in [2.05, 4.69) is 27.3 Å². The van der Waals surface area contributed by atoms with Gasteiger partial charge in [-0.15, -0.1) is 0 Å². The smallest absolute Gasteiger partial charge is 0.319 e. The minimum atomic E-state index is -0.267. The van der Waals surface area contributed by atoms with Crippen molar-refractivity contribution < 1.29 is 18.7 Å². The monoisotopic (exact) mass is 589 g/mol. The van der Waals surface area contributed by atoms with Crippen molar-refractivity contribution in [2.24, 2.45) is 0 Å². The number of rotatable bonds is 7. The van der Waals surface area contributed by atoms with Crippen LogP contribution in [0.15, 0.2) is 30.9 Å². The SMILES string of the molecule is C=CC(=O)N1CCN(c2nc(OC3CN(C)CC3OC)nc3c2CCC(N2CCCc4ccc(F)cc42)C3)CC1CC#N. The molecule has 10 nitrogen and oxygen atoms in total. The number of ether oxygens (including phenoxy) is 2. The van der Waals surface area contributed by atoms with Gasteiger partial charge >= 0.3 is 6.01 Å². The maximum absolute atomic E-state index is 14.3. The second kappa shape index (κ2) is 12.5. The lowest BCUT2D eigenvalue weighted by molar-refractivity contribution is -0.128. The quantitative estimate of drug-likeness (QED) is 0.452. The molecule has 1 aromatic heterocycles. The van der Waals surface area contributed by atoms with Crippen LogP contribution in [0.3, 0.4) is 0 Å². The third-order valence-electron chi connectivity index (χ3n) is 9.37. The van der Waals surface area contributed by atoms with E-state index in [0.717, 1.165) is 61.5 Å². The molecule has 0 radical (unpaired) electrons. The molecule has 4 heterocycles. The van der Waals surface area contributed by atoms with Gasteiger partial charge in [-0.2, -0.15) is 15.2 Å². The molecule has 228 valence electrons. The summed E-state index contributed by atoms with van der Waals surface area (Å²) in [6.07, 6.45) is 5.62. The van der Waals surface area contributed by atoms with E-state index in [1.165, 1.54) is 11.6 Å². The number of hydrogen-bond donors (Lipinski definition) is 0. The molecule has 1 aromatic carbocycles. The number of nitrogens with zero attached hydrogens (tertiary/aromatic N) is 7. The number of nitriles is 1. The van der Waals surface area contributed by atoms with E-state index in [9.17, 15) is 14.4 Å². The average molecular weight is 590 g/mol. The Bertz CT molecular complexity index is 1410. The van der Waals surface area contributed by atoms with E-state index in [0.29, 0.717) is 38.6 Å². The molecule has 0 bridgehead atoms. The summed E-state index contributed by atoms with van der Waals surface area (Å²) in [6.45, 7) is 7.55. The summed E-state index contributed by atoms with van der Waals surface area (Å²) in [6, 6.07) is 7.62. The lowest BCUT2D eigenvalue weighted by Crippen LogP contribution is -2.55. The van der Waals surface area contributed by atoms with E-state index in [-0.39, 0.29) is 42.4 Å². The van der Waals surface area contributed by atoms with Gasteiger partial charge in [-0.05, 0) is 56.5 Å². The molecular formula is C32H40FN7O3. The van der Waals surface area contributed by atoms with Gasteiger partial charge in [0.25, 0.3) is 0 Å². The number of likely N-dealkylation sites (N-methyl/N-ethyl adjacent to an activating group) is 1. The number of aromatic nitrogens is 2. The zero-order chi connectivity index (χ0) is 30.1. The number of likely N-dealkylation sites (tertiary alicyclic amines) is 1. The number of carbonyl (C=O) groups is 1. The zero-order valence-corrected chi connectivity index (χ0v) is 25.0. The Kier molecular flexibility index (Phi) is 8.50. The highest BCUT2D eigenvalue weighted by Crippen LogP contribution is 2.37. The summed E-state index contributed by atoms with van der Waals surface area (Å²) < 4.78 is 26.5. The number of hydrogen-bond acceptors (Lipinski definition) is 9. The van der Waals surface area contributed by atoms with E-state index >= 15 is 0 Å². The predicted octanol–water partition coefficient (Wildman–Crippen LogP) is 2.75. The van der Waals surface area contributed by atoms with Crippen molar-refractivity contribution in [1.82, 2.24) is 19.8 Å². The van der Waals surface area contributed by atoms with Crippen LogP contribution in [-0.2, 0) is 28.8 Å². The summed E-state index contributed by atoms with van der Waals surface area (Å²) >= 11 is 0. The van der Waals surface area contributed by atoms with Gasteiger partial charge < -0.3 is 24.2 Å². The van der Waals surface area contributed by atoms with Gasteiger partial charge in [-0.3, -0.25) is 9.69 Å². The van der Waals surface area contributed by atoms with Crippen molar-refractivity contribution in [2.45, 2.75) is 62.8 Å². The number of anilines is 2. The molecule has 2 saturated heterocycles. The summed E-state index contributed by atoms with van der Waals surface area (Å²) in [5.74, 6) is 0.445. The molecule has 4 atom stereocenters. The molecule has 0 saturated carbocycles. The van der Waals surface area contributed by atoms with Crippen LogP contribution in [0, 0.1) is 17.1 Å². The minimum Gasteiger partial charge on any atom is -0.456 e. The van der Waals surface area contributed by atoms with Gasteiger partial charge in [0.05, 0.1) is 24.2 Å². The number of carbonyl (C=O) groups excluding carboxylic acids is 1. The van der Waals surface area contributed by atoms with Crippen LogP contribution in [0.4, 0.5) is 15.9 Å². The van der Waals surface area contributed by atoms with Gasteiger partial charge in [0, 0.05) is 70.1 Å². The maximum atomic E-state index is 14.3. The average Bonchev–Trinajstić information content (AvgIpc) is 3.38. The number of methoxy groups -OCH3 is 1. The molecule has 11 heteroatoms. The third kappa shape index (κ3) is 5.91. The molecule has 0 spiro atoms. The van der Waals surface area contributed by atoms with Crippen molar-refractivity contribution in [2.75, 3.05) is 63.2 Å². The Balaban J connectivity index is 1.33. The summed E-state index contributed by atoms with van der Waals surface area (Å²) in [5.41, 5.74) is 4.22. The molecular weight excluding hydrogens is 549 g/mol. The summed E-state index contributed by atoms with van der Waals surface area (Å²) in [4.78, 5) is 31.0. The van der Waals surface area contributed by atoms with Gasteiger partial charge in [0.15, 0.2) is 0 Å². The van der Waals surface area contributed by atoms with E-state index in [4.69, 9.17) is 19.4 Å². The van der Waals surface area contributed by atoms with Crippen LogP contribution in [0.25, 0.3) is 0 Å². The maximum Gasteiger partial charge on any atom is 0.319 e. The zero-order valence-electron chi connectivity index (χ0n) is 25.0. The highest BCUT2D eigenvalue weighted by atomic mass is 19.1. The van der Waals surface area contributed by atoms with Crippen LogP contribution in [0.5, 0.6) is 6.01 Å². The Morgan fingerprint density at radius 3 is 2.81 bits per heavy atom. The lowest BCUT2D eigenvalue weighted by atomic mass is 9.88. The summed E-state index contributed by atoms with van der Waals surface area (Å²) in [5, 5.41) is 9.53. The molecule has 1 amide bonds. The van der Waals surface area contributed by atoms with Gasteiger partial charge in [-0.1, -0.05) is 12.6 Å². The lowest BCUT2D eigenvalue weighted by Gasteiger charge is -2.43. The Hall–Kier alpha value is -3.75. The fraction of sp³-hybridized carbons (Fsp3) is 0.562. The van der Waals surface area contributed by atoms with Crippen LogP contribution in [0.2, 0.25) is 0 Å².